The van der Waals surface area contributed by atoms with Crippen LogP contribution in [-0.2, 0) is 14.4 Å². The second-order valence-corrected chi connectivity index (χ2v) is 9.88. The van der Waals surface area contributed by atoms with Crippen LogP contribution in [0, 0.1) is 28.5 Å². The Morgan fingerprint density at radius 2 is 1.08 bits per heavy atom. The number of hydrogen-bond donors (Lipinski definition) is 0. The molecule has 3 aromatic carbocycles. The van der Waals surface area contributed by atoms with Gasteiger partial charge in [0.15, 0.2) is 5.78 Å². The molecule has 3 aliphatic rings. The highest BCUT2D eigenvalue weighted by molar-refractivity contribution is 6.34. The molecule has 1 saturated carbocycles. The van der Waals surface area contributed by atoms with Gasteiger partial charge in [0.1, 0.15) is 5.82 Å². The van der Waals surface area contributed by atoms with Gasteiger partial charge in [-0.05, 0) is 47.2 Å². The SMILES string of the molecule is CCC12C(=O)C(CC)(C(c3ccccc3)=C1c1ccccc1)C1C(=O)N(c3ccccc3F)C(=O)C12. The Morgan fingerprint density at radius 1 is 0.667 bits per heavy atom. The van der Waals surface area contributed by atoms with Gasteiger partial charge in [-0.25, -0.2) is 9.29 Å². The fourth-order valence-electron chi connectivity index (χ4n) is 7.33. The van der Waals surface area contributed by atoms with Crippen molar-refractivity contribution in [1.82, 2.24) is 0 Å². The number of fused-ring (bicyclic) bond motifs is 5. The number of anilines is 1. The van der Waals surface area contributed by atoms with E-state index >= 15 is 0 Å². The number of rotatable bonds is 5. The number of allylic oxidation sites excluding steroid dienone is 2. The van der Waals surface area contributed by atoms with Gasteiger partial charge < -0.3 is 0 Å². The maximum absolute atomic E-state index is 14.9. The largest absolute Gasteiger partial charge is 0.298 e. The van der Waals surface area contributed by atoms with Crippen molar-refractivity contribution in [2.75, 3.05) is 4.90 Å². The van der Waals surface area contributed by atoms with Crippen LogP contribution in [0.1, 0.15) is 37.8 Å². The molecule has 1 aliphatic heterocycles. The molecule has 2 fully saturated rings. The maximum atomic E-state index is 14.9. The van der Waals surface area contributed by atoms with Gasteiger partial charge in [0.25, 0.3) is 0 Å². The third-order valence-electron chi connectivity index (χ3n) is 8.65. The van der Waals surface area contributed by atoms with Crippen LogP contribution >= 0.6 is 0 Å². The Labute approximate surface area is 209 Å². The molecule has 36 heavy (non-hydrogen) atoms. The molecule has 4 atom stereocenters. The van der Waals surface area contributed by atoms with Gasteiger partial charge in [-0.15, -0.1) is 0 Å². The van der Waals surface area contributed by atoms with Crippen LogP contribution in [0.3, 0.4) is 0 Å². The van der Waals surface area contributed by atoms with E-state index in [0.717, 1.165) is 27.2 Å². The van der Waals surface area contributed by atoms with Crippen LogP contribution in [0.4, 0.5) is 10.1 Å². The van der Waals surface area contributed by atoms with Crippen molar-refractivity contribution in [3.63, 3.8) is 0 Å². The van der Waals surface area contributed by atoms with Gasteiger partial charge in [-0.2, -0.15) is 0 Å². The van der Waals surface area contributed by atoms with Gasteiger partial charge in [0, 0.05) is 0 Å². The predicted molar refractivity (Wildman–Crippen MR) is 136 cm³/mol. The summed E-state index contributed by atoms with van der Waals surface area (Å²) in [5.41, 5.74) is 1.05. The van der Waals surface area contributed by atoms with Crippen molar-refractivity contribution in [3.05, 3.63) is 102 Å². The maximum Gasteiger partial charge on any atom is 0.239 e. The molecule has 180 valence electrons. The fraction of sp³-hybridized carbons (Fsp3) is 0.258. The molecule has 1 saturated heterocycles. The molecule has 2 amide bonds. The molecule has 6 rings (SSSR count). The van der Waals surface area contributed by atoms with E-state index in [1.807, 2.05) is 74.5 Å². The van der Waals surface area contributed by atoms with E-state index < -0.39 is 40.3 Å². The first-order valence-electron chi connectivity index (χ1n) is 12.5. The highest BCUT2D eigenvalue weighted by Crippen LogP contribution is 2.75. The molecule has 0 spiro atoms. The number of hydrogen-bond acceptors (Lipinski definition) is 3. The van der Waals surface area contributed by atoms with Crippen LogP contribution in [-0.4, -0.2) is 17.6 Å². The molecule has 5 heteroatoms. The zero-order valence-electron chi connectivity index (χ0n) is 20.2. The summed E-state index contributed by atoms with van der Waals surface area (Å²) >= 11 is 0. The van der Waals surface area contributed by atoms with Crippen molar-refractivity contribution >= 4 is 34.4 Å². The summed E-state index contributed by atoms with van der Waals surface area (Å²) in [5, 5.41) is 0. The highest BCUT2D eigenvalue weighted by atomic mass is 19.1. The smallest absolute Gasteiger partial charge is 0.239 e. The van der Waals surface area contributed by atoms with Crippen molar-refractivity contribution in [2.45, 2.75) is 26.7 Å². The minimum absolute atomic E-state index is 0.0474. The third kappa shape index (κ3) is 2.50. The van der Waals surface area contributed by atoms with Crippen LogP contribution in [0.5, 0.6) is 0 Å². The van der Waals surface area contributed by atoms with E-state index in [-0.39, 0.29) is 11.5 Å². The van der Waals surface area contributed by atoms with E-state index in [1.165, 1.54) is 18.2 Å². The van der Waals surface area contributed by atoms with E-state index in [4.69, 9.17) is 0 Å². The molecule has 1 heterocycles. The van der Waals surface area contributed by atoms with Gasteiger partial charge in [-0.1, -0.05) is 86.6 Å². The van der Waals surface area contributed by atoms with Crippen molar-refractivity contribution < 1.29 is 18.8 Å². The second kappa shape index (κ2) is 7.82. The number of halogens is 1. The van der Waals surface area contributed by atoms with Crippen LogP contribution in [0.2, 0.25) is 0 Å². The molecule has 4 unspecified atom stereocenters. The summed E-state index contributed by atoms with van der Waals surface area (Å²) < 4.78 is 14.9. The monoisotopic (exact) mass is 479 g/mol. The quantitative estimate of drug-likeness (QED) is 0.426. The lowest BCUT2D eigenvalue weighted by molar-refractivity contribution is -0.134. The van der Waals surface area contributed by atoms with Crippen LogP contribution in [0.15, 0.2) is 84.9 Å². The van der Waals surface area contributed by atoms with Gasteiger partial charge in [0.05, 0.1) is 28.4 Å². The van der Waals surface area contributed by atoms with E-state index in [2.05, 4.69) is 0 Å². The first-order chi connectivity index (χ1) is 17.4. The number of para-hydroxylation sites is 1. The number of ketones is 1. The molecule has 3 aromatic rings. The average Bonchev–Trinajstić information content (AvgIpc) is 3.41. The van der Waals surface area contributed by atoms with E-state index in [1.54, 1.807) is 6.07 Å². The average molecular weight is 480 g/mol. The van der Waals surface area contributed by atoms with Crippen molar-refractivity contribution in [2.24, 2.45) is 22.7 Å². The number of Topliss-reactive ketones (excluding diaryl/α,β-unsaturated/α-hetero) is 1. The van der Waals surface area contributed by atoms with Gasteiger partial charge in [-0.3, -0.25) is 14.4 Å². The number of carbonyl (C=O) groups is 3. The van der Waals surface area contributed by atoms with E-state index in [0.29, 0.717) is 12.8 Å². The molecule has 0 radical (unpaired) electrons. The normalized spacial score (nSPS) is 28.9. The van der Waals surface area contributed by atoms with Crippen LogP contribution in [0.25, 0.3) is 11.1 Å². The number of amides is 2. The molecule has 4 nitrogen and oxygen atoms in total. The van der Waals surface area contributed by atoms with Crippen LogP contribution < -0.4 is 4.90 Å². The number of nitrogens with zero attached hydrogens (tertiary/aromatic N) is 1. The molecule has 0 N–H and O–H groups in total. The minimum Gasteiger partial charge on any atom is -0.298 e. The fourth-order valence-corrected chi connectivity index (χ4v) is 7.33. The highest BCUT2D eigenvalue weighted by Gasteiger charge is 2.80. The Balaban J connectivity index is 1.69. The first-order valence-corrected chi connectivity index (χ1v) is 12.5. The summed E-state index contributed by atoms with van der Waals surface area (Å²) in [4.78, 5) is 43.8. The summed E-state index contributed by atoms with van der Waals surface area (Å²) in [6.07, 6.45) is 0.749. The minimum atomic E-state index is -1.17. The lowest BCUT2D eigenvalue weighted by Crippen LogP contribution is -2.42. The number of carbonyl (C=O) groups excluding carboxylic acids is 3. The number of imide groups is 1. The molecule has 2 bridgehead atoms. The Bertz CT molecular complexity index is 1360. The van der Waals surface area contributed by atoms with Gasteiger partial charge in [0.2, 0.25) is 11.8 Å². The zero-order chi connectivity index (χ0) is 25.2. The predicted octanol–water partition coefficient (Wildman–Crippen LogP) is 5.93. The van der Waals surface area contributed by atoms with Crippen molar-refractivity contribution in [1.29, 1.82) is 0 Å². The number of benzene rings is 3. The van der Waals surface area contributed by atoms with Crippen molar-refractivity contribution in [3.8, 4) is 0 Å². The second-order valence-electron chi connectivity index (χ2n) is 9.88. The molecular formula is C31H26FNO3. The van der Waals surface area contributed by atoms with E-state index in [9.17, 15) is 18.8 Å². The standard InChI is InChI=1S/C31H26FNO3/c1-3-30-23(19-13-7-5-8-14-19)24(20-15-9-6-10-16-20)31(4-2,29(30)36)26-25(30)27(34)33(28(26)35)22-18-12-11-17-21(22)32/h5-18,25-26H,3-4H2,1-2H3. The lowest BCUT2D eigenvalue weighted by Gasteiger charge is -2.38. The Kier molecular flexibility index (Phi) is 4.91. The topological polar surface area (TPSA) is 54.5 Å². The summed E-state index contributed by atoms with van der Waals surface area (Å²) in [5.74, 6) is -3.40. The summed E-state index contributed by atoms with van der Waals surface area (Å²) in [6, 6.07) is 25.3. The summed E-state index contributed by atoms with van der Waals surface area (Å²) in [7, 11) is 0. The molecular weight excluding hydrogens is 453 g/mol. The Hall–Kier alpha value is -3.86. The third-order valence-corrected chi connectivity index (χ3v) is 8.65. The Morgan fingerprint density at radius 3 is 1.50 bits per heavy atom. The summed E-state index contributed by atoms with van der Waals surface area (Å²) in [6.45, 7) is 3.84. The lowest BCUT2D eigenvalue weighted by atomic mass is 9.60. The van der Waals surface area contributed by atoms with Gasteiger partial charge >= 0.3 is 0 Å². The molecule has 2 aliphatic carbocycles. The first kappa shape index (κ1) is 22.6. The molecule has 0 aromatic heterocycles. The zero-order valence-corrected chi connectivity index (χ0v) is 20.2.